The van der Waals surface area contributed by atoms with Crippen LogP contribution in [0.2, 0.25) is 0 Å². The molecule has 0 aromatic carbocycles. The number of nitrogen functional groups attached to an aromatic ring is 1. The van der Waals surface area contributed by atoms with Crippen molar-refractivity contribution in [2.24, 2.45) is 7.05 Å². The van der Waals surface area contributed by atoms with Crippen molar-refractivity contribution in [1.82, 2.24) is 9.78 Å². The minimum Gasteiger partial charge on any atom is -0.461 e. The Balaban J connectivity index is 2.54. The number of methoxy groups -OCH3 is 1. The fraction of sp³-hybridized carbons (Fsp3) is 0.667. The maximum Gasteiger partial charge on any atom is 0.358 e. The predicted octanol–water partition coefficient (Wildman–Crippen LogP) is 1.15. The highest BCUT2D eigenvalue weighted by Gasteiger charge is 2.20. The second kappa shape index (κ2) is 7.00. The van der Waals surface area contributed by atoms with Gasteiger partial charge in [-0.25, -0.2) is 4.79 Å². The standard InChI is InChI=1S/C12H21N3O3/c1-4-9-10(13)11(15(2)14-9)12(16)18-8-6-5-7-17-3/h4-8,13H2,1-3H3. The summed E-state index contributed by atoms with van der Waals surface area (Å²) in [6.45, 7) is 2.98. The molecule has 0 radical (unpaired) electrons. The van der Waals surface area contributed by atoms with Crippen molar-refractivity contribution in [3.8, 4) is 0 Å². The summed E-state index contributed by atoms with van der Waals surface area (Å²) in [6, 6.07) is 0. The van der Waals surface area contributed by atoms with E-state index >= 15 is 0 Å². The fourth-order valence-electron chi connectivity index (χ4n) is 1.68. The first-order valence-corrected chi connectivity index (χ1v) is 6.09. The van der Waals surface area contributed by atoms with Crippen LogP contribution in [0.3, 0.4) is 0 Å². The van der Waals surface area contributed by atoms with Crippen LogP contribution < -0.4 is 5.73 Å². The Hall–Kier alpha value is -1.56. The van der Waals surface area contributed by atoms with Crippen LogP contribution in [0, 0.1) is 0 Å². The monoisotopic (exact) mass is 255 g/mol. The van der Waals surface area contributed by atoms with Crippen LogP contribution in [-0.2, 0) is 22.9 Å². The summed E-state index contributed by atoms with van der Waals surface area (Å²) in [6.07, 6.45) is 2.34. The van der Waals surface area contributed by atoms with Gasteiger partial charge in [0.05, 0.1) is 18.0 Å². The first-order valence-electron chi connectivity index (χ1n) is 6.09. The number of aromatic nitrogens is 2. The minimum absolute atomic E-state index is 0.332. The zero-order valence-corrected chi connectivity index (χ0v) is 11.2. The summed E-state index contributed by atoms with van der Waals surface area (Å²) in [5.41, 5.74) is 7.34. The zero-order valence-electron chi connectivity index (χ0n) is 11.2. The van der Waals surface area contributed by atoms with Gasteiger partial charge >= 0.3 is 5.97 Å². The van der Waals surface area contributed by atoms with E-state index in [4.69, 9.17) is 15.2 Å². The molecule has 0 saturated carbocycles. The summed E-state index contributed by atoms with van der Waals surface area (Å²) in [5, 5.41) is 4.18. The van der Waals surface area contributed by atoms with Crippen LogP contribution in [0.4, 0.5) is 5.69 Å². The molecule has 6 nitrogen and oxygen atoms in total. The van der Waals surface area contributed by atoms with Crippen LogP contribution in [0.25, 0.3) is 0 Å². The molecule has 102 valence electrons. The van der Waals surface area contributed by atoms with Gasteiger partial charge < -0.3 is 15.2 Å². The molecular weight excluding hydrogens is 234 g/mol. The lowest BCUT2D eigenvalue weighted by Crippen LogP contribution is -2.13. The Morgan fingerprint density at radius 2 is 2.06 bits per heavy atom. The third-order valence-corrected chi connectivity index (χ3v) is 2.66. The van der Waals surface area contributed by atoms with Gasteiger partial charge in [-0.15, -0.1) is 0 Å². The second-order valence-corrected chi connectivity index (χ2v) is 4.02. The summed E-state index contributed by atoms with van der Waals surface area (Å²) in [5.74, 6) is -0.417. The van der Waals surface area contributed by atoms with E-state index in [0.717, 1.165) is 18.5 Å². The van der Waals surface area contributed by atoms with Crippen molar-refractivity contribution >= 4 is 11.7 Å². The van der Waals surface area contributed by atoms with Crippen molar-refractivity contribution in [3.05, 3.63) is 11.4 Å². The predicted molar refractivity (Wildman–Crippen MR) is 68.4 cm³/mol. The van der Waals surface area contributed by atoms with Crippen LogP contribution >= 0.6 is 0 Å². The Morgan fingerprint density at radius 3 is 2.61 bits per heavy atom. The quantitative estimate of drug-likeness (QED) is 0.584. The number of ether oxygens (including phenoxy) is 2. The SMILES string of the molecule is CCc1nn(C)c(C(=O)OCCCCOC)c1N. The zero-order chi connectivity index (χ0) is 13.5. The molecule has 0 aliphatic carbocycles. The smallest absolute Gasteiger partial charge is 0.358 e. The van der Waals surface area contributed by atoms with Crippen molar-refractivity contribution < 1.29 is 14.3 Å². The highest BCUT2D eigenvalue weighted by atomic mass is 16.5. The normalized spacial score (nSPS) is 10.6. The van der Waals surface area contributed by atoms with Gasteiger partial charge in [0.2, 0.25) is 0 Å². The molecule has 18 heavy (non-hydrogen) atoms. The summed E-state index contributed by atoms with van der Waals surface area (Å²) in [4.78, 5) is 11.9. The minimum atomic E-state index is -0.417. The number of unbranched alkanes of at least 4 members (excludes halogenated alkanes) is 1. The van der Waals surface area contributed by atoms with E-state index in [2.05, 4.69) is 5.10 Å². The molecule has 1 rings (SSSR count). The molecule has 6 heteroatoms. The van der Waals surface area contributed by atoms with E-state index < -0.39 is 5.97 Å². The number of rotatable bonds is 7. The highest BCUT2D eigenvalue weighted by molar-refractivity contribution is 5.93. The van der Waals surface area contributed by atoms with Crippen LogP contribution in [0.15, 0.2) is 0 Å². The van der Waals surface area contributed by atoms with E-state index in [0.29, 0.717) is 31.0 Å². The van der Waals surface area contributed by atoms with Gasteiger partial charge in [0.25, 0.3) is 0 Å². The molecule has 1 heterocycles. The fourth-order valence-corrected chi connectivity index (χ4v) is 1.68. The van der Waals surface area contributed by atoms with Crippen LogP contribution in [0.1, 0.15) is 35.9 Å². The molecule has 0 fully saturated rings. The lowest BCUT2D eigenvalue weighted by atomic mass is 10.2. The van der Waals surface area contributed by atoms with Gasteiger partial charge in [-0.05, 0) is 19.3 Å². The third kappa shape index (κ3) is 3.46. The molecular formula is C12H21N3O3. The second-order valence-electron chi connectivity index (χ2n) is 4.02. The number of aryl methyl sites for hydroxylation is 2. The number of hydrogen-bond donors (Lipinski definition) is 1. The summed E-state index contributed by atoms with van der Waals surface area (Å²) in [7, 11) is 3.34. The third-order valence-electron chi connectivity index (χ3n) is 2.66. The van der Waals surface area contributed by atoms with E-state index in [1.54, 1.807) is 14.2 Å². The highest BCUT2D eigenvalue weighted by Crippen LogP contribution is 2.17. The lowest BCUT2D eigenvalue weighted by molar-refractivity contribution is 0.0478. The average Bonchev–Trinajstić information content (AvgIpc) is 2.63. The number of esters is 1. The molecule has 0 aliphatic heterocycles. The molecule has 1 aromatic rings. The molecule has 0 saturated heterocycles. The van der Waals surface area contributed by atoms with Gasteiger partial charge in [0.1, 0.15) is 0 Å². The Kier molecular flexibility index (Phi) is 5.64. The van der Waals surface area contributed by atoms with Gasteiger partial charge in [-0.1, -0.05) is 6.92 Å². The molecule has 2 N–H and O–H groups in total. The first-order chi connectivity index (χ1) is 8.61. The molecule has 0 atom stereocenters. The van der Waals surface area contributed by atoms with Crippen LogP contribution in [0.5, 0.6) is 0 Å². The molecule has 0 amide bonds. The molecule has 0 unspecified atom stereocenters. The molecule has 0 aliphatic rings. The van der Waals surface area contributed by atoms with E-state index in [1.807, 2.05) is 6.92 Å². The number of nitrogens with zero attached hydrogens (tertiary/aromatic N) is 2. The van der Waals surface area contributed by atoms with Crippen molar-refractivity contribution in [2.45, 2.75) is 26.2 Å². The molecule has 1 aromatic heterocycles. The molecule has 0 bridgehead atoms. The van der Waals surface area contributed by atoms with E-state index in [1.165, 1.54) is 4.68 Å². The summed E-state index contributed by atoms with van der Waals surface area (Å²) < 4.78 is 11.6. The number of nitrogens with two attached hydrogens (primary N) is 1. The number of carbonyl (C=O) groups is 1. The number of carbonyl (C=O) groups excluding carboxylic acids is 1. The van der Waals surface area contributed by atoms with Gasteiger partial charge in [0, 0.05) is 20.8 Å². The maximum atomic E-state index is 11.9. The number of anilines is 1. The number of hydrogen-bond acceptors (Lipinski definition) is 5. The van der Waals surface area contributed by atoms with Gasteiger partial charge in [-0.2, -0.15) is 5.10 Å². The van der Waals surface area contributed by atoms with Crippen molar-refractivity contribution in [1.29, 1.82) is 0 Å². The maximum absolute atomic E-state index is 11.9. The average molecular weight is 255 g/mol. The largest absolute Gasteiger partial charge is 0.461 e. The van der Waals surface area contributed by atoms with E-state index in [9.17, 15) is 4.79 Å². The van der Waals surface area contributed by atoms with Gasteiger partial charge in [0.15, 0.2) is 5.69 Å². The van der Waals surface area contributed by atoms with Gasteiger partial charge in [-0.3, -0.25) is 4.68 Å². The van der Waals surface area contributed by atoms with E-state index in [-0.39, 0.29) is 0 Å². The topological polar surface area (TPSA) is 79.4 Å². The lowest BCUT2D eigenvalue weighted by Gasteiger charge is -2.05. The van der Waals surface area contributed by atoms with Crippen LogP contribution in [-0.4, -0.2) is 36.1 Å². The van der Waals surface area contributed by atoms with Crippen molar-refractivity contribution in [3.63, 3.8) is 0 Å². The molecule has 0 spiro atoms. The first kappa shape index (κ1) is 14.5. The summed E-state index contributed by atoms with van der Waals surface area (Å²) >= 11 is 0. The Labute approximate surface area is 107 Å². The Bertz CT molecular complexity index is 402. The Morgan fingerprint density at radius 1 is 1.39 bits per heavy atom. The van der Waals surface area contributed by atoms with Crippen molar-refractivity contribution in [2.75, 3.05) is 26.1 Å².